The van der Waals surface area contributed by atoms with Crippen molar-refractivity contribution in [3.8, 4) is 0 Å². The van der Waals surface area contributed by atoms with Gasteiger partial charge in [0.25, 0.3) is 0 Å². The van der Waals surface area contributed by atoms with Crippen LogP contribution < -0.4 is 5.73 Å². The van der Waals surface area contributed by atoms with Gasteiger partial charge < -0.3 is 15.9 Å². The first-order valence-corrected chi connectivity index (χ1v) is 4.92. The van der Waals surface area contributed by atoms with Crippen molar-refractivity contribution in [1.82, 2.24) is 0 Å². The number of hydrogen-bond acceptors (Lipinski definition) is 3. The standard InChI is InChI=1S/C12H15NO3/c1-8(11(14)10(13)12(15)16)7-9-5-3-2-4-6-9/h2-7,10-11,14H,13H2,1H3,(H,15,16)/b8-7+. The van der Waals surface area contributed by atoms with Gasteiger partial charge in [0.2, 0.25) is 0 Å². The summed E-state index contributed by atoms with van der Waals surface area (Å²) in [5.74, 6) is -1.21. The van der Waals surface area contributed by atoms with Crippen LogP contribution >= 0.6 is 0 Å². The SMILES string of the molecule is C/C(=C\c1ccccc1)C(O)C(N)C(=O)O. The van der Waals surface area contributed by atoms with E-state index in [1.807, 2.05) is 30.3 Å². The van der Waals surface area contributed by atoms with Gasteiger partial charge in [0.1, 0.15) is 12.1 Å². The fourth-order valence-electron chi connectivity index (χ4n) is 1.32. The lowest BCUT2D eigenvalue weighted by Crippen LogP contribution is -2.42. The number of aliphatic carboxylic acids is 1. The minimum Gasteiger partial charge on any atom is -0.480 e. The van der Waals surface area contributed by atoms with Crippen LogP contribution in [0.25, 0.3) is 6.08 Å². The van der Waals surface area contributed by atoms with Gasteiger partial charge in [0.05, 0.1) is 0 Å². The van der Waals surface area contributed by atoms with Crippen LogP contribution in [-0.4, -0.2) is 28.3 Å². The first-order valence-electron chi connectivity index (χ1n) is 4.92. The predicted octanol–water partition coefficient (Wildman–Crippen LogP) is 0.863. The van der Waals surface area contributed by atoms with E-state index < -0.39 is 18.1 Å². The highest BCUT2D eigenvalue weighted by molar-refractivity contribution is 5.75. The fraction of sp³-hybridized carbons (Fsp3) is 0.250. The van der Waals surface area contributed by atoms with Gasteiger partial charge in [-0.05, 0) is 18.1 Å². The van der Waals surface area contributed by atoms with E-state index in [-0.39, 0.29) is 0 Å². The van der Waals surface area contributed by atoms with Crippen molar-refractivity contribution in [3.63, 3.8) is 0 Å². The molecule has 0 bridgehead atoms. The Kier molecular flexibility index (Phi) is 4.22. The Labute approximate surface area is 94.0 Å². The third kappa shape index (κ3) is 3.18. The molecule has 0 fully saturated rings. The molecule has 4 heteroatoms. The molecule has 0 saturated heterocycles. The molecule has 0 aliphatic carbocycles. The van der Waals surface area contributed by atoms with Crippen molar-refractivity contribution in [2.75, 3.05) is 0 Å². The molecule has 4 nitrogen and oxygen atoms in total. The fourth-order valence-corrected chi connectivity index (χ4v) is 1.32. The highest BCUT2D eigenvalue weighted by Crippen LogP contribution is 2.11. The molecule has 1 aromatic carbocycles. The van der Waals surface area contributed by atoms with Gasteiger partial charge in [-0.25, -0.2) is 0 Å². The molecule has 2 atom stereocenters. The number of carboxylic acid groups (broad SMARTS) is 1. The Balaban J connectivity index is 2.82. The molecule has 86 valence electrons. The van der Waals surface area contributed by atoms with Gasteiger partial charge in [-0.3, -0.25) is 4.79 Å². The van der Waals surface area contributed by atoms with Crippen LogP contribution in [0.15, 0.2) is 35.9 Å². The Hall–Kier alpha value is -1.65. The van der Waals surface area contributed by atoms with Gasteiger partial charge >= 0.3 is 5.97 Å². The molecule has 0 radical (unpaired) electrons. The largest absolute Gasteiger partial charge is 0.480 e. The molecule has 0 spiro atoms. The summed E-state index contributed by atoms with van der Waals surface area (Å²) in [5.41, 5.74) is 6.75. The Morgan fingerprint density at radius 3 is 2.44 bits per heavy atom. The van der Waals surface area contributed by atoms with Crippen LogP contribution in [0.3, 0.4) is 0 Å². The number of rotatable bonds is 4. The van der Waals surface area contributed by atoms with Crippen LogP contribution in [0, 0.1) is 0 Å². The van der Waals surface area contributed by atoms with Crippen molar-refractivity contribution in [2.24, 2.45) is 5.73 Å². The summed E-state index contributed by atoms with van der Waals surface area (Å²) in [5, 5.41) is 18.3. The topological polar surface area (TPSA) is 83.5 Å². The third-order valence-corrected chi connectivity index (χ3v) is 2.29. The number of carbonyl (C=O) groups is 1. The van der Waals surface area contributed by atoms with Gasteiger partial charge in [0, 0.05) is 0 Å². The summed E-state index contributed by atoms with van der Waals surface area (Å²) in [6.07, 6.45) is 0.547. The lowest BCUT2D eigenvalue weighted by atomic mass is 10.0. The molecule has 1 aromatic rings. The van der Waals surface area contributed by atoms with E-state index in [0.29, 0.717) is 5.57 Å². The quantitative estimate of drug-likeness (QED) is 0.704. The molecule has 0 aromatic heterocycles. The summed E-state index contributed by atoms with van der Waals surface area (Å²) < 4.78 is 0. The smallest absolute Gasteiger partial charge is 0.323 e. The van der Waals surface area contributed by atoms with E-state index in [1.54, 1.807) is 13.0 Å². The van der Waals surface area contributed by atoms with E-state index in [0.717, 1.165) is 5.56 Å². The van der Waals surface area contributed by atoms with Crippen LogP contribution in [0.4, 0.5) is 0 Å². The minimum atomic E-state index is -1.29. The summed E-state index contributed by atoms with van der Waals surface area (Å²) in [6.45, 7) is 1.65. The van der Waals surface area contributed by atoms with Crippen LogP contribution in [0.5, 0.6) is 0 Å². The molecule has 0 saturated carbocycles. The molecule has 0 amide bonds. The van der Waals surface area contributed by atoms with Gasteiger partial charge in [-0.15, -0.1) is 0 Å². The van der Waals surface area contributed by atoms with E-state index in [2.05, 4.69) is 0 Å². The van der Waals surface area contributed by atoms with Crippen molar-refractivity contribution in [3.05, 3.63) is 41.5 Å². The van der Waals surface area contributed by atoms with Gasteiger partial charge in [-0.2, -0.15) is 0 Å². The van der Waals surface area contributed by atoms with Gasteiger partial charge in [-0.1, -0.05) is 36.4 Å². The van der Waals surface area contributed by atoms with Crippen molar-refractivity contribution in [1.29, 1.82) is 0 Å². The molecule has 1 rings (SSSR count). The summed E-state index contributed by atoms with van der Waals surface area (Å²) in [4.78, 5) is 10.6. The average molecular weight is 221 g/mol. The zero-order valence-corrected chi connectivity index (χ0v) is 9.00. The summed E-state index contributed by atoms with van der Waals surface area (Å²) in [7, 11) is 0. The van der Waals surface area contributed by atoms with Gasteiger partial charge in [0.15, 0.2) is 0 Å². The minimum absolute atomic E-state index is 0.529. The number of nitrogens with two attached hydrogens (primary N) is 1. The van der Waals surface area contributed by atoms with E-state index in [4.69, 9.17) is 10.8 Å². The Morgan fingerprint density at radius 1 is 1.38 bits per heavy atom. The van der Waals surface area contributed by atoms with E-state index in [1.165, 1.54) is 0 Å². The zero-order valence-electron chi connectivity index (χ0n) is 9.00. The van der Waals surface area contributed by atoms with E-state index in [9.17, 15) is 9.90 Å². The van der Waals surface area contributed by atoms with Crippen molar-refractivity contribution < 1.29 is 15.0 Å². The third-order valence-electron chi connectivity index (χ3n) is 2.29. The number of aliphatic hydroxyl groups excluding tert-OH is 1. The number of hydrogen-bond donors (Lipinski definition) is 3. The highest BCUT2D eigenvalue weighted by atomic mass is 16.4. The highest BCUT2D eigenvalue weighted by Gasteiger charge is 2.22. The predicted molar refractivity (Wildman–Crippen MR) is 61.7 cm³/mol. The number of benzene rings is 1. The molecular weight excluding hydrogens is 206 g/mol. The second-order valence-corrected chi connectivity index (χ2v) is 3.61. The Morgan fingerprint density at radius 2 is 1.94 bits per heavy atom. The normalized spacial score (nSPS) is 15.6. The first kappa shape index (κ1) is 12.4. The maximum absolute atomic E-state index is 10.6. The van der Waals surface area contributed by atoms with Crippen LogP contribution in [0.1, 0.15) is 12.5 Å². The zero-order chi connectivity index (χ0) is 12.1. The Bertz CT molecular complexity index is 387. The monoisotopic (exact) mass is 221 g/mol. The number of carboxylic acids is 1. The maximum atomic E-state index is 10.6. The van der Waals surface area contributed by atoms with Crippen LogP contribution in [-0.2, 0) is 4.79 Å². The second-order valence-electron chi connectivity index (χ2n) is 3.61. The lowest BCUT2D eigenvalue weighted by molar-refractivity contribution is -0.140. The molecule has 0 aliphatic rings. The van der Waals surface area contributed by atoms with Crippen molar-refractivity contribution in [2.45, 2.75) is 19.1 Å². The molecule has 2 unspecified atom stereocenters. The second kappa shape index (κ2) is 5.44. The lowest BCUT2D eigenvalue weighted by Gasteiger charge is -2.15. The maximum Gasteiger partial charge on any atom is 0.323 e. The molecular formula is C12H15NO3. The summed E-state index contributed by atoms with van der Waals surface area (Å²) >= 11 is 0. The number of aliphatic hydroxyl groups is 1. The van der Waals surface area contributed by atoms with E-state index >= 15 is 0 Å². The average Bonchev–Trinajstić information content (AvgIpc) is 2.28. The first-order chi connectivity index (χ1) is 7.52. The summed E-state index contributed by atoms with van der Waals surface area (Å²) in [6, 6.07) is 8.04. The molecule has 16 heavy (non-hydrogen) atoms. The van der Waals surface area contributed by atoms with Crippen molar-refractivity contribution >= 4 is 12.0 Å². The molecule has 0 heterocycles. The molecule has 4 N–H and O–H groups in total. The van der Waals surface area contributed by atoms with Crippen LogP contribution in [0.2, 0.25) is 0 Å². The molecule has 0 aliphatic heterocycles.